The first-order valence-electron chi connectivity index (χ1n) is 7.59. The maximum Gasteiger partial charge on any atom is 0.259 e. The van der Waals surface area contributed by atoms with Gasteiger partial charge in [-0.25, -0.2) is 0 Å². The molecular formula is C19H12N2O2. The molecule has 1 N–H and O–H groups in total. The first-order chi connectivity index (χ1) is 11.2. The van der Waals surface area contributed by atoms with E-state index in [1.165, 1.54) is 0 Å². The molecule has 0 spiro atoms. The minimum atomic E-state index is -0.285. The van der Waals surface area contributed by atoms with Gasteiger partial charge < -0.3 is 0 Å². The molecule has 2 aromatic carbocycles. The van der Waals surface area contributed by atoms with Gasteiger partial charge in [-0.1, -0.05) is 36.4 Å². The lowest BCUT2D eigenvalue weighted by atomic mass is 9.77. The topological polar surface area (TPSA) is 59.1 Å². The van der Waals surface area contributed by atoms with Crippen molar-refractivity contribution in [3.05, 3.63) is 76.5 Å². The maximum absolute atomic E-state index is 12.1. The number of fused-ring (bicyclic) bond motifs is 3. The third-order valence-electron chi connectivity index (χ3n) is 4.78. The van der Waals surface area contributed by atoms with E-state index >= 15 is 0 Å². The van der Waals surface area contributed by atoms with Crippen molar-refractivity contribution >= 4 is 22.7 Å². The van der Waals surface area contributed by atoms with Gasteiger partial charge in [0, 0.05) is 17.0 Å². The molecule has 4 nitrogen and oxygen atoms in total. The molecule has 1 aromatic heterocycles. The number of hydrogen-bond donors (Lipinski definition) is 1. The second kappa shape index (κ2) is 4.26. The molecule has 2 bridgehead atoms. The molecule has 3 aliphatic rings. The number of rotatable bonds is 1. The summed E-state index contributed by atoms with van der Waals surface area (Å²) in [5.41, 5.74) is 4.82. The molecule has 3 aromatic rings. The number of benzene rings is 2. The van der Waals surface area contributed by atoms with Crippen LogP contribution in [0.15, 0.2) is 48.5 Å². The van der Waals surface area contributed by atoms with Crippen molar-refractivity contribution in [2.24, 2.45) is 0 Å². The van der Waals surface area contributed by atoms with Crippen molar-refractivity contribution in [1.82, 2.24) is 10.3 Å². The normalized spacial score (nSPS) is 18.3. The Morgan fingerprint density at radius 1 is 0.913 bits per heavy atom. The van der Waals surface area contributed by atoms with Crippen molar-refractivity contribution < 1.29 is 9.59 Å². The Morgan fingerprint density at radius 3 is 2.65 bits per heavy atom. The van der Waals surface area contributed by atoms with Crippen LogP contribution >= 0.6 is 0 Å². The van der Waals surface area contributed by atoms with Crippen LogP contribution in [0.1, 0.15) is 43.5 Å². The summed E-state index contributed by atoms with van der Waals surface area (Å²) < 4.78 is 0. The van der Waals surface area contributed by atoms with Gasteiger partial charge in [0.1, 0.15) is 0 Å². The highest BCUT2D eigenvalue weighted by Crippen LogP contribution is 2.40. The minimum absolute atomic E-state index is 0.0370. The monoisotopic (exact) mass is 300 g/mol. The second-order valence-corrected chi connectivity index (χ2v) is 6.03. The highest BCUT2D eigenvalue weighted by Gasteiger charge is 2.39. The smallest absolute Gasteiger partial charge is 0.259 e. The number of imide groups is 1. The molecule has 1 unspecified atom stereocenters. The number of carbonyl (C=O) groups excluding carboxylic acids is 2. The first-order valence-corrected chi connectivity index (χ1v) is 7.59. The number of nitrogens with one attached hydrogen (secondary N) is 1. The summed E-state index contributed by atoms with van der Waals surface area (Å²) in [6, 6.07) is 16.0. The van der Waals surface area contributed by atoms with Gasteiger partial charge in [0.2, 0.25) is 0 Å². The highest BCUT2D eigenvalue weighted by atomic mass is 16.2. The number of hydrogen-bond acceptors (Lipinski definition) is 3. The molecule has 110 valence electrons. The van der Waals surface area contributed by atoms with Gasteiger partial charge in [-0.05, 0) is 29.7 Å². The molecule has 0 fully saturated rings. The lowest BCUT2D eigenvalue weighted by molar-refractivity contribution is 0.0879. The molecule has 1 atom stereocenters. The van der Waals surface area contributed by atoms with Crippen LogP contribution in [-0.4, -0.2) is 16.8 Å². The van der Waals surface area contributed by atoms with Gasteiger partial charge in [0.15, 0.2) is 0 Å². The Bertz CT molecular complexity index is 1020. The van der Waals surface area contributed by atoms with Crippen LogP contribution in [0.5, 0.6) is 0 Å². The first kappa shape index (κ1) is 12.5. The predicted octanol–water partition coefficient (Wildman–Crippen LogP) is 2.81. The minimum Gasteiger partial charge on any atom is -0.288 e. The molecule has 4 heteroatoms. The molecule has 0 radical (unpaired) electrons. The summed E-state index contributed by atoms with van der Waals surface area (Å²) in [4.78, 5) is 28.8. The summed E-state index contributed by atoms with van der Waals surface area (Å²) in [5.74, 6) is -0.519. The average molecular weight is 300 g/mol. The van der Waals surface area contributed by atoms with Gasteiger partial charge in [-0.2, -0.15) is 0 Å². The number of para-hydroxylation sites is 1. The molecule has 2 heterocycles. The summed E-state index contributed by atoms with van der Waals surface area (Å²) in [6.07, 6.45) is 0.719. The van der Waals surface area contributed by atoms with Crippen LogP contribution < -0.4 is 5.32 Å². The predicted molar refractivity (Wildman–Crippen MR) is 85.5 cm³/mol. The molecule has 23 heavy (non-hydrogen) atoms. The van der Waals surface area contributed by atoms with Gasteiger partial charge in [0.25, 0.3) is 11.8 Å². The number of nitrogens with zero attached hydrogens (tertiary/aromatic N) is 1. The fraction of sp³-hybridized carbons (Fsp3) is 0.105. The molecule has 2 amide bonds. The van der Waals surface area contributed by atoms with Crippen molar-refractivity contribution in [2.75, 3.05) is 0 Å². The van der Waals surface area contributed by atoms with Gasteiger partial charge >= 0.3 is 0 Å². The number of pyridine rings is 1. The van der Waals surface area contributed by atoms with Crippen molar-refractivity contribution in [2.45, 2.75) is 12.3 Å². The summed E-state index contributed by atoms with van der Waals surface area (Å²) in [6.45, 7) is 0. The number of aromatic nitrogens is 1. The lowest BCUT2D eigenvalue weighted by Crippen LogP contribution is -2.20. The third-order valence-corrected chi connectivity index (χ3v) is 4.78. The molecular weight excluding hydrogens is 288 g/mol. The van der Waals surface area contributed by atoms with Crippen LogP contribution in [-0.2, 0) is 6.42 Å². The number of carbonyl (C=O) groups is 2. The molecule has 2 aliphatic carbocycles. The summed E-state index contributed by atoms with van der Waals surface area (Å²) in [5, 5.41) is 3.50. The Labute approximate surface area is 132 Å². The zero-order chi connectivity index (χ0) is 15.6. The molecule has 0 saturated carbocycles. The Balaban J connectivity index is 1.70. The zero-order valence-corrected chi connectivity index (χ0v) is 12.2. The van der Waals surface area contributed by atoms with Crippen LogP contribution in [0.3, 0.4) is 0 Å². The highest BCUT2D eigenvalue weighted by molar-refractivity contribution is 6.23. The van der Waals surface area contributed by atoms with E-state index in [0.29, 0.717) is 11.1 Å². The van der Waals surface area contributed by atoms with Gasteiger partial charge in [-0.3, -0.25) is 19.9 Å². The largest absolute Gasteiger partial charge is 0.288 e. The molecule has 6 rings (SSSR count). The van der Waals surface area contributed by atoms with E-state index < -0.39 is 0 Å². The van der Waals surface area contributed by atoms with E-state index in [9.17, 15) is 9.59 Å². The number of amides is 2. The summed E-state index contributed by atoms with van der Waals surface area (Å²) >= 11 is 0. The quantitative estimate of drug-likeness (QED) is 0.703. The lowest BCUT2D eigenvalue weighted by Gasteiger charge is -2.26. The second-order valence-electron chi connectivity index (χ2n) is 6.03. The van der Waals surface area contributed by atoms with E-state index in [4.69, 9.17) is 4.98 Å². The van der Waals surface area contributed by atoms with Gasteiger partial charge in [-0.15, -0.1) is 0 Å². The Hall–Kier alpha value is -3.01. The van der Waals surface area contributed by atoms with Crippen LogP contribution in [0, 0.1) is 0 Å². The van der Waals surface area contributed by atoms with Crippen molar-refractivity contribution in [1.29, 1.82) is 0 Å². The molecule has 0 saturated heterocycles. The van der Waals surface area contributed by atoms with E-state index in [0.717, 1.165) is 34.1 Å². The maximum atomic E-state index is 12.1. The van der Waals surface area contributed by atoms with E-state index in [-0.39, 0.29) is 17.7 Å². The van der Waals surface area contributed by atoms with Crippen LogP contribution in [0.2, 0.25) is 0 Å². The Kier molecular flexibility index (Phi) is 2.32. The summed E-state index contributed by atoms with van der Waals surface area (Å²) in [7, 11) is 0. The standard InChI is InChI=1S/C19H12N2O2/c22-18-16-11-5-7-12(17(16)19(23)21-18)13(9-11)15-8-6-10-3-1-2-4-14(10)20-15/h1-8,13H,9H2,(H,21,22,23). The van der Waals surface area contributed by atoms with Crippen LogP contribution in [0.25, 0.3) is 10.9 Å². The fourth-order valence-corrected chi connectivity index (χ4v) is 3.72. The fourth-order valence-electron chi connectivity index (χ4n) is 3.72. The zero-order valence-electron chi connectivity index (χ0n) is 12.2. The van der Waals surface area contributed by atoms with Crippen molar-refractivity contribution in [3.63, 3.8) is 0 Å². The Morgan fingerprint density at radius 2 is 1.74 bits per heavy atom. The van der Waals surface area contributed by atoms with E-state index in [2.05, 4.69) is 11.4 Å². The SMILES string of the molecule is O=C1NC(=O)c2c3ccc(c21)CC3c1ccc2ccccc2n1. The third kappa shape index (κ3) is 1.63. The average Bonchev–Trinajstić information content (AvgIpc) is 2.91. The van der Waals surface area contributed by atoms with Gasteiger partial charge in [0.05, 0.1) is 16.6 Å². The van der Waals surface area contributed by atoms with E-state index in [1.807, 2.05) is 42.5 Å². The molecule has 1 aliphatic heterocycles. The van der Waals surface area contributed by atoms with Crippen molar-refractivity contribution in [3.8, 4) is 0 Å². The van der Waals surface area contributed by atoms with Crippen LogP contribution in [0.4, 0.5) is 0 Å². The van der Waals surface area contributed by atoms with E-state index in [1.54, 1.807) is 0 Å².